The van der Waals surface area contributed by atoms with Crippen molar-refractivity contribution in [3.05, 3.63) is 41.5 Å². The molecule has 0 aromatic heterocycles. The van der Waals surface area contributed by atoms with Crippen molar-refractivity contribution in [1.82, 2.24) is 0 Å². The number of halogens is 4. The zero-order chi connectivity index (χ0) is 12.9. The van der Waals surface area contributed by atoms with E-state index in [-0.39, 0.29) is 18.9 Å². The van der Waals surface area contributed by atoms with E-state index in [1.807, 2.05) is 0 Å². The van der Waals surface area contributed by atoms with E-state index < -0.39 is 36.2 Å². The fraction of sp³-hybridized carbons (Fsp3) is 0. The Kier molecular flexibility index (Phi) is 9.11. The van der Waals surface area contributed by atoms with E-state index in [0.29, 0.717) is 6.08 Å². The van der Waals surface area contributed by atoms with Crippen LogP contribution < -0.4 is 18.9 Å². The first-order valence-corrected chi connectivity index (χ1v) is 3.73. The maximum Gasteiger partial charge on any atom is 1.00 e. The molecule has 17 heavy (non-hydrogen) atoms. The average molecular weight is 244 g/mol. The minimum absolute atomic E-state index is 0. The first-order valence-electron chi connectivity index (χ1n) is 3.73. The summed E-state index contributed by atoms with van der Waals surface area (Å²) < 4.78 is 49.8. The SMILES string of the molecule is C=Cc1c(F)c(F)[c-]c(F)c1F.OB(O)O.[Li+]. The Morgan fingerprint density at radius 2 is 1.29 bits per heavy atom. The van der Waals surface area contributed by atoms with Crippen LogP contribution in [-0.2, 0) is 0 Å². The molecule has 9 heteroatoms. The summed E-state index contributed by atoms with van der Waals surface area (Å²) in [6.45, 7) is 3.01. The van der Waals surface area contributed by atoms with Crippen LogP contribution in [0.2, 0.25) is 0 Å². The molecule has 0 heterocycles. The molecule has 0 unspecified atom stereocenters. The maximum absolute atomic E-state index is 12.6. The van der Waals surface area contributed by atoms with Crippen molar-refractivity contribution in [2.45, 2.75) is 0 Å². The Bertz CT molecular complexity index is 361. The van der Waals surface area contributed by atoms with Crippen LogP contribution >= 0.6 is 0 Å². The average Bonchev–Trinajstić information content (AvgIpc) is 2.15. The van der Waals surface area contributed by atoms with Gasteiger partial charge in [-0.3, -0.25) is 8.78 Å². The smallest absolute Gasteiger partial charge is 0.402 e. The van der Waals surface area contributed by atoms with Crippen LogP contribution in [0.4, 0.5) is 17.6 Å². The van der Waals surface area contributed by atoms with E-state index in [2.05, 4.69) is 6.58 Å². The van der Waals surface area contributed by atoms with Crippen LogP contribution in [0.3, 0.4) is 0 Å². The van der Waals surface area contributed by atoms with Crippen LogP contribution in [-0.4, -0.2) is 22.4 Å². The molecule has 1 aromatic carbocycles. The van der Waals surface area contributed by atoms with Gasteiger partial charge in [0.25, 0.3) is 0 Å². The fourth-order valence-electron chi connectivity index (χ4n) is 0.718. The largest absolute Gasteiger partial charge is 1.00 e. The van der Waals surface area contributed by atoms with E-state index in [1.54, 1.807) is 0 Å². The van der Waals surface area contributed by atoms with Crippen molar-refractivity contribution in [3.8, 4) is 0 Å². The van der Waals surface area contributed by atoms with E-state index >= 15 is 0 Å². The minimum atomic E-state index is -2.17. The van der Waals surface area contributed by atoms with E-state index in [0.717, 1.165) is 0 Å². The summed E-state index contributed by atoms with van der Waals surface area (Å²) >= 11 is 0. The van der Waals surface area contributed by atoms with Crippen LogP contribution in [0.25, 0.3) is 6.08 Å². The molecule has 0 aliphatic rings. The van der Waals surface area contributed by atoms with Crippen LogP contribution in [0.15, 0.2) is 6.58 Å². The second-order valence-corrected chi connectivity index (χ2v) is 2.35. The van der Waals surface area contributed by atoms with Gasteiger partial charge >= 0.3 is 26.2 Å². The van der Waals surface area contributed by atoms with Crippen molar-refractivity contribution in [2.24, 2.45) is 0 Å². The molecule has 0 amide bonds. The Balaban J connectivity index is 0. The molecule has 0 bridgehead atoms. The summed E-state index contributed by atoms with van der Waals surface area (Å²) in [7, 11) is -2.17. The summed E-state index contributed by atoms with van der Waals surface area (Å²) in [6.07, 6.45) is 0.699. The van der Waals surface area contributed by atoms with Gasteiger partial charge in [0.2, 0.25) is 0 Å². The normalized spacial score (nSPS) is 8.65. The molecule has 0 saturated carbocycles. The third-order valence-corrected chi connectivity index (χ3v) is 1.28. The molecule has 0 spiro atoms. The molecular formula is C8H6BF4LiO3. The first kappa shape index (κ1) is 18.6. The molecule has 1 rings (SSSR count). The monoisotopic (exact) mass is 244 g/mol. The number of hydrogen-bond acceptors (Lipinski definition) is 3. The fourth-order valence-corrected chi connectivity index (χ4v) is 0.718. The summed E-state index contributed by atoms with van der Waals surface area (Å²) in [5, 5.41) is 21.5. The molecule has 0 aliphatic heterocycles. The standard InChI is InChI=1S/C8H3F4.BH3O3.Li/c1-2-4-7(11)5(9)3-6(10)8(4)12;2-1(3)4;/h2H,1H2;2-4H;/q-1;;+1. The van der Waals surface area contributed by atoms with Gasteiger partial charge in [0.1, 0.15) is 0 Å². The molecule has 0 radical (unpaired) electrons. The maximum atomic E-state index is 12.6. The predicted octanol–water partition coefficient (Wildman–Crippen LogP) is -2.36. The van der Waals surface area contributed by atoms with Gasteiger partial charge in [0, 0.05) is 11.6 Å². The Labute approximate surface area is 107 Å². The third-order valence-electron chi connectivity index (χ3n) is 1.28. The molecule has 0 aliphatic carbocycles. The topological polar surface area (TPSA) is 60.7 Å². The predicted molar refractivity (Wildman–Crippen MR) is 47.6 cm³/mol. The molecule has 88 valence electrons. The second-order valence-electron chi connectivity index (χ2n) is 2.35. The summed E-state index contributed by atoms with van der Waals surface area (Å²) in [6, 6.07) is 1.25. The van der Waals surface area contributed by atoms with Gasteiger partial charge in [-0.1, -0.05) is 11.6 Å². The molecule has 3 N–H and O–H groups in total. The molecule has 0 atom stereocenters. The van der Waals surface area contributed by atoms with Crippen molar-refractivity contribution in [3.63, 3.8) is 0 Å². The van der Waals surface area contributed by atoms with E-state index in [1.165, 1.54) is 6.07 Å². The Hall–Kier alpha value is -0.778. The minimum Gasteiger partial charge on any atom is -0.402 e. The zero-order valence-electron chi connectivity index (χ0n) is 8.72. The number of benzene rings is 1. The number of rotatable bonds is 1. The quantitative estimate of drug-likeness (QED) is 0.224. The van der Waals surface area contributed by atoms with Gasteiger partial charge < -0.3 is 15.1 Å². The molecule has 1 aromatic rings. The molecular weight excluding hydrogens is 238 g/mol. The Morgan fingerprint density at radius 1 is 1.00 bits per heavy atom. The summed E-state index contributed by atoms with van der Waals surface area (Å²) in [4.78, 5) is 0. The van der Waals surface area contributed by atoms with Crippen molar-refractivity contribution in [1.29, 1.82) is 0 Å². The van der Waals surface area contributed by atoms with Crippen LogP contribution in [0.1, 0.15) is 5.56 Å². The molecule has 0 saturated heterocycles. The van der Waals surface area contributed by atoms with E-state index in [4.69, 9.17) is 15.1 Å². The summed E-state index contributed by atoms with van der Waals surface area (Å²) in [5.41, 5.74) is -0.816. The Morgan fingerprint density at radius 3 is 1.53 bits per heavy atom. The van der Waals surface area contributed by atoms with Crippen LogP contribution in [0.5, 0.6) is 0 Å². The third kappa shape index (κ3) is 5.91. The van der Waals surface area contributed by atoms with Crippen LogP contribution in [0, 0.1) is 29.3 Å². The van der Waals surface area contributed by atoms with Gasteiger partial charge in [-0.2, -0.15) is 0 Å². The van der Waals surface area contributed by atoms with Crippen molar-refractivity contribution in [2.75, 3.05) is 0 Å². The molecule has 3 nitrogen and oxygen atoms in total. The van der Waals surface area contributed by atoms with Gasteiger partial charge in [-0.05, 0) is 0 Å². The number of hydrogen-bond donors (Lipinski definition) is 3. The van der Waals surface area contributed by atoms with Gasteiger partial charge in [-0.25, -0.2) is 8.78 Å². The van der Waals surface area contributed by atoms with Gasteiger partial charge in [0.15, 0.2) is 0 Å². The van der Waals surface area contributed by atoms with Gasteiger partial charge in [0.05, 0.1) is 11.6 Å². The van der Waals surface area contributed by atoms with Crippen molar-refractivity contribution < 1.29 is 51.5 Å². The first-order chi connectivity index (χ1) is 7.31. The summed E-state index contributed by atoms with van der Waals surface area (Å²) in [5.74, 6) is -6.07. The zero-order valence-corrected chi connectivity index (χ0v) is 8.72. The molecule has 0 fully saturated rings. The van der Waals surface area contributed by atoms with E-state index in [9.17, 15) is 17.6 Å². The second kappa shape index (κ2) is 8.33. The van der Waals surface area contributed by atoms with Gasteiger partial charge in [-0.15, -0.1) is 12.6 Å². The van der Waals surface area contributed by atoms with Crippen molar-refractivity contribution >= 4 is 13.4 Å².